The highest BCUT2D eigenvalue weighted by Gasteiger charge is 2.71. The Morgan fingerprint density at radius 2 is 1.43 bits per heavy atom. The number of halogens is 6. The summed E-state index contributed by atoms with van der Waals surface area (Å²) in [5.41, 5.74) is -4.65. The van der Waals surface area contributed by atoms with E-state index in [4.69, 9.17) is 0 Å². The van der Waals surface area contributed by atoms with Crippen LogP contribution in [0.1, 0.15) is 41.3 Å². The van der Waals surface area contributed by atoms with Gasteiger partial charge in [-0.15, -0.1) is 0 Å². The minimum absolute atomic E-state index is 0.0260. The molecule has 0 saturated carbocycles. The number of hydrogen-bond donors (Lipinski definition) is 2. The number of hydrogen-bond acceptors (Lipinski definition) is 4. The molecule has 0 aromatic heterocycles. The molecule has 0 bridgehead atoms. The summed E-state index contributed by atoms with van der Waals surface area (Å²) >= 11 is 0. The van der Waals surface area contributed by atoms with E-state index in [2.05, 4.69) is 5.32 Å². The van der Waals surface area contributed by atoms with Crippen LogP contribution in [-0.4, -0.2) is 47.1 Å². The van der Waals surface area contributed by atoms with Crippen molar-refractivity contribution >= 4 is 17.4 Å². The van der Waals surface area contributed by atoms with Crippen LogP contribution >= 0.6 is 0 Å². The molecule has 11 heteroatoms. The van der Waals surface area contributed by atoms with Crippen LogP contribution in [0.4, 0.5) is 32.0 Å². The smallest absolute Gasteiger partial charge is 0.369 e. The summed E-state index contributed by atoms with van der Waals surface area (Å²) in [4.78, 5) is 25.8. The molecular formula is C24H24F6N2O3. The first-order valence-corrected chi connectivity index (χ1v) is 10.8. The van der Waals surface area contributed by atoms with Crippen molar-refractivity contribution in [1.82, 2.24) is 4.90 Å². The number of carbonyl (C=O) groups excluding carboxylic acids is 2. The summed E-state index contributed by atoms with van der Waals surface area (Å²) in [5, 5.41) is 12.1. The van der Waals surface area contributed by atoms with Crippen LogP contribution in [0.2, 0.25) is 0 Å². The predicted octanol–water partition coefficient (Wildman–Crippen LogP) is 5.05. The van der Waals surface area contributed by atoms with Gasteiger partial charge in [0.15, 0.2) is 5.78 Å². The van der Waals surface area contributed by atoms with Gasteiger partial charge in [0.25, 0.3) is 5.60 Å². The third kappa shape index (κ3) is 5.84. The number of benzene rings is 2. The maximum Gasteiger partial charge on any atom is 0.430 e. The highest BCUT2D eigenvalue weighted by atomic mass is 19.4. The fraction of sp³-hybridized carbons (Fsp3) is 0.417. The van der Waals surface area contributed by atoms with Crippen LogP contribution in [-0.2, 0) is 16.9 Å². The van der Waals surface area contributed by atoms with Crippen molar-refractivity contribution in [2.45, 2.75) is 44.3 Å². The molecule has 5 nitrogen and oxygen atoms in total. The highest BCUT2D eigenvalue weighted by Crippen LogP contribution is 2.50. The van der Waals surface area contributed by atoms with E-state index in [1.807, 2.05) is 4.90 Å². The van der Waals surface area contributed by atoms with Crippen LogP contribution in [0.25, 0.3) is 0 Å². The summed E-state index contributed by atoms with van der Waals surface area (Å²) in [7, 11) is 0. The monoisotopic (exact) mass is 502 g/mol. The van der Waals surface area contributed by atoms with Gasteiger partial charge in [0, 0.05) is 36.2 Å². The summed E-state index contributed by atoms with van der Waals surface area (Å²) < 4.78 is 78.2. The van der Waals surface area contributed by atoms with Gasteiger partial charge in [-0.1, -0.05) is 24.3 Å². The fourth-order valence-electron chi connectivity index (χ4n) is 4.11. The van der Waals surface area contributed by atoms with E-state index in [0.717, 1.165) is 12.1 Å². The largest absolute Gasteiger partial charge is 0.430 e. The van der Waals surface area contributed by atoms with Gasteiger partial charge in [-0.2, -0.15) is 26.3 Å². The average Bonchev–Trinajstić information content (AvgIpc) is 2.78. The lowest BCUT2D eigenvalue weighted by molar-refractivity contribution is -0.376. The molecule has 35 heavy (non-hydrogen) atoms. The quantitative estimate of drug-likeness (QED) is 0.429. The Morgan fingerprint density at radius 1 is 0.914 bits per heavy atom. The van der Waals surface area contributed by atoms with Crippen LogP contribution < -0.4 is 5.32 Å². The van der Waals surface area contributed by atoms with Crippen molar-refractivity contribution in [1.29, 1.82) is 0 Å². The second-order valence-corrected chi connectivity index (χ2v) is 8.58. The molecule has 0 atom stereocenters. The van der Waals surface area contributed by atoms with Crippen molar-refractivity contribution in [2.24, 2.45) is 5.92 Å². The molecule has 0 radical (unpaired) electrons. The van der Waals surface area contributed by atoms with Gasteiger partial charge in [0.2, 0.25) is 5.91 Å². The van der Waals surface area contributed by atoms with Crippen LogP contribution in [0.3, 0.4) is 0 Å². The Kier molecular flexibility index (Phi) is 7.61. The van der Waals surface area contributed by atoms with Gasteiger partial charge >= 0.3 is 12.4 Å². The molecule has 1 saturated heterocycles. The Morgan fingerprint density at radius 3 is 1.89 bits per heavy atom. The molecule has 0 spiro atoms. The zero-order valence-corrected chi connectivity index (χ0v) is 18.7. The summed E-state index contributed by atoms with van der Waals surface area (Å²) in [5.74, 6) is -0.460. The van der Waals surface area contributed by atoms with E-state index in [9.17, 15) is 41.0 Å². The lowest BCUT2D eigenvalue weighted by atomic mass is 9.88. The molecule has 2 aromatic rings. The number of amides is 1. The van der Waals surface area contributed by atoms with Crippen LogP contribution in [0.5, 0.6) is 0 Å². The number of likely N-dealkylation sites (tertiary alicyclic amines) is 1. The Labute approximate surface area is 197 Å². The minimum Gasteiger partial charge on any atom is -0.369 e. The van der Waals surface area contributed by atoms with Gasteiger partial charge in [0.1, 0.15) is 0 Å². The number of carbonyl (C=O) groups is 2. The number of Topliss-reactive ketones (excluding diaryl/α,β-unsaturated/α-hetero) is 1. The number of aliphatic hydroxyl groups is 1. The van der Waals surface area contributed by atoms with Crippen molar-refractivity contribution in [3.05, 3.63) is 65.2 Å². The topological polar surface area (TPSA) is 69.6 Å². The second-order valence-electron chi connectivity index (χ2n) is 8.58. The first kappa shape index (κ1) is 26.7. The van der Waals surface area contributed by atoms with E-state index in [1.54, 1.807) is 24.3 Å². The second kappa shape index (κ2) is 9.98. The number of alkyl halides is 6. The third-order valence-corrected chi connectivity index (χ3v) is 6.05. The Balaban J connectivity index is 1.59. The normalized spacial score (nSPS) is 16.2. The van der Waals surface area contributed by atoms with E-state index in [1.165, 1.54) is 6.92 Å². The van der Waals surface area contributed by atoms with Crippen LogP contribution in [0.15, 0.2) is 48.5 Å². The maximum absolute atomic E-state index is 13.0. The van der Waals surface area contributed by atoms with Gasteiger partial charge in [0.05, 0.1) is 0 Å². The molecule has 190 valence electrons. The van der Waals surface area contributed by atoms with Crippen molar-refractivity contribution in [3.63, 3.8) is 0 Å². The molecule has 0 aliphatic carbocycles. The Hall–Kier alpha value is -2.92. The molecule has 0 unspecified atom stereocenters. The summed E-state index contributed by atoms with van der Waals surface area (Å²) in [6.07, 6.45) is -10.8. The van der Waals surface area contributed by atoms with Crippen molar-refractivity contribution < 1.29 is 41.0 Å². The lowest BCUT2D eigenvalue weighted by Crippen LogP contribution is -2.53. The van der Waals surface area contributed by atoms with Gasteiger partial charge < -0.3 is 10.4 Å². The van der Waals surface area contributed by atoms with Crippen molar-refractivity contribution in [2.75, 3.05) is 18.4 Å². The first-order valence-electron chi connectivity index (χ1n) is 10.8. The molecule has 1 amide bonds. The number of rotatable bonds is 6. The van der Waals surface area contributed by atoms with E-state index in [0.29, 0.717) is 54.9 Å². The highest BCUT2D eigenvalue weighted by molar-refractivity contribution is 5.98. The molecule has 1 heterocycles. The standard InChI is InChI=1S/C24H24F6N2O3/c1-15(33)31-20-8-4-17(5-9-20)21(34)18-10-12-32(13-11-18)14-16-2-6-19(7-3-16)22(35,23(25,26)27)24(28,29)30/h2-9,18,35H,10-14H2,1H3,(H,31,33). The molecule has 2 aromatic carbocycles. The van der Waals surface area contributed by atoms with Gasteiger partial charge in [-0.05, 0) is 55.8 Å². The maximum atomic E-state index is 13.0. The molecule has 1 aliphatic heterocycles. The predicted molar refractivity (Wildman–Crippen MR) is 116 cm³/mol. The molecule has 1 aliphatic rings. The van der Waals surface area contributed by atoms with Gasteiger partial charge in [-0.25, -0.2) is 0 Å². The Bertz CT molecular complexity index is 1030. The zero-order valence-electron chi connectivity index (χ0n) is 18.7. The van der Waals surface area contributed by atoms with E-state index < -0.39 is 23.5 Å². The average molecular weight is 502 g/mol. The number of nitrogens with one attached hydrogen (secondary N) is 1. The van der Waals surface area contributed by atoms with Crippen molar-refractivity contribution in [3.8, 4) is 0 Å². The molecule has 1 fully saturated rings. The number of anilines is 1. The minimum atomic E-state index is -5.93. The summed E-state index contributed by atoms with van der Waals surface area (Å²) in [6.45, 7) is 2.71. The van der Waals surface area contributed by atoms with E-state index in [-0.39, 0.29) is 24.2 Å². The number of nitrogens with zero attached hydrogens (tertiary/aromatic N) is 1. The van der Waals surface area contributed by atoms with Gasteiger partial charge in [-0.3, -0.25) is 14.5 Å². The fourth-order valence-corrected chi connectivity index (χ4v) is 4.11. The molecular weight excluding hydrogens is 478 g/mol. The zero-order chi connectivity index (χ0) is 26.0. The SMILES string of the molecule is CC(=O)Nc1ccc(C(=O)C2CCN(Cc3ccc(C(O)(C(F)(F)F)C(F)(F)F)cc3)CC2)cc1. The summed E-state index contributed by atoms with van der Waals surface area (Å²) in [6, 6.07) is 10.1. The number of piperidine rings is 1. The lowest BCUT2D eigenvalue weighted by Gasteiger charge is -2.33. The van der Waals surface area contributed by atoms with E-state index >= 15 is 0 Å². The number of ketones is 1. The van der Waals surface area contributed by atoms with Crippen LogP contribution in [0, 0.1) is 5.92 Å². The third-order valence-electron chi connectivity index (χ3n) is 6.05. The molecule has 2 N–H and O–H groups in total. The molecule has 3 rings (SSSR count). The first-order chi connectivity index (χ1) is 16.2.